The Bertz CT molecular complexity index is 721. The SMILES string of the molecule is C=C/C=C/c1sc(/C=C/c2ccc(C)cc2)c2c1OCCO2. The Kier molecular flexibility index (Phi) is 4.45. The van der Waals surface area contributed by atoms with Gasteiger partial charge in [-0.05, 0) is 24.6 Å². The molecule has 1 aromatic heterocycles. The van der Waals surface area contributed by atoms with Crippen molar-refractivity contribution in [2.24, 2.45) is 0 Å². The Labute approximate surface area is 135 Å². The number of ether oxygens (including phenoxy) is 2. The fourth-order valence-corrected chi connectivity index (χ4v) is 3.23. The van der Waals surface area contributed by atoms with E-state index in [4.69, 9.17) is 9.47 Å². The van der Waals surface area contributed by atoms with E-state index in [-0.39, 0.29) is 0 Å². The van der Waals surface area contributed by atoms with E-state index in [0.717, 1.165) is 21.3 Å². The van der Waals surface area contributed by atoms with Crippen LogP contribution in [-0.2, 0) is 0 Å². The molecule has 3 heteroatoms. The second-order valence-corrected chi connectivity index (χ2v) is 6.11. The highest BCUT2D eigenvalue weighted by Crippen LogP contribution is 2.45. The zero-order chi connectivity index (χ0) is 15.4. The second kappa shape index (κ2) is 6.67. The molecule has 2 aromatic rings. The lowest BCUT2D eigenvalue weighted by Crippen LogP contribution is -2.14. The highest BCUT2D eigenvalue weighted by atomic mass is 32.1. The van der Waals surface area contributed by atoms with E-state index >= 15 is 0 Å². The minimum atomic E-state index is 0.597. The molecule has 1 aliphatic heterocycles. The van der Waals surface area contributed by atoms with Crippen LogP contribution in [0.2, 0.25) is 0 Å². The lowest BCUT2D eigenvalue weighted by atomic mass is 10.1. The second-order valence-electron chi connectivity index (χ2n) is 5.02. The highest BCUT2D eigenvalue weighted by Gasteiger charge is 2.21. The predicted octanol–water partition coefficient (Wildman–Crippen LogP) is 5.20. The van der Waals surface area contributed by atoms with Crippen molar-refractivity contribution in [3.05, 3.63) is 63.9 Å². The van der Waals surface area contributed by atoms with E-state index in [1.165, 1.54) is 11.1 Å². The number of hydrogen-bond acceptors (Lipinski definition) is 3. The topological polar surface area (TPSA) is 18.5 Å². The van der Waals surface area contributed by atoms with Crippen LogP contribution in [-0.4, -0.2) is 13.2 Å². The molecule has 0 saturated heterocycles. The molecule has 0 fully saturated rings. The largest absolute Gasteiger partial charge is 0.485 e. The predicted molar refractivity (Wildman–Crippen MR) is 94.6 cm³/mol. The first-order chi connectivity index (χ1) is 10.8. The molecular formula is C19H18O2S. The minimum absolute atomic E-state index is 0.597. The summed E-state index contributed by atoms with van der Waals surface area (Å²) >= 11 is 1.67. The lowest BCUT2D eigenvalue weighted by Gasteiger charge is -2.16. The van der Waals surface area contributed by atoms with Crippen molar-refractivity contribution in [1.29, 1.82) is 0 Å². The zero-order valence-electron chi connectivity index (χ0n) is 12.5. The van der Waals surface area contributed by atoms with Gasteiger partial charge in [0.15, 0.2) is 11.5 Å². The molecule has 0 amide bonds. The maximum Gasteiger partial charge on any atom is 0.180 e. The van der Waals surface area contributed by atoms with Crippen LogP contribution in [0.4, 0.5) is 0 Å². The summed E-state index contributed by atoms with van der Waals surface area (Å²) in [5.74, 6) is 1.70. The van der Waals surface area contributed by atoms with Crippen LogP contribution in [0.1, 0.15) is 20.9 Å². The third kappa shape index (κ3) is 3.15. The van der Waals surface area contributed by atoms with Gasteiger partial charge < -0.3 is 9.47 Å². The summed E-state index contributed by atoms with van der Waals surface area (Å²) in [6.45, 7) is 6.99. The van der Waals surface area contributed by atoms with Crippen LogP contribution < -0.4 is 9.47 Å². The van der Waals surface area contributed by atoms with Crippen molar-refractivity contribution in [1.82, 2.24) is 0 Å². The van der Waals surface area contributed by atoms with Gasteiger partial charge in [0, 0.05) is 0 Å². The molecule has 0 atom stereocenters. The van der Waals surface area contributed by atoms with E-state index in [9.17, 15) is 0 Å². The van der Waals surface area contributed by atoms with E-state index in [0.29, 0.717) is 13.2 Å². The molecule has 0 aliphatic carbocycles. The van der Waals surface area contributed by atoms with Crippen molar-refractivity contribution in [2.75, 3.05) is 13.2 Å². The maximum atomic E-state index is 5.80. The number of fused-ring (bicyclic) bond motifs is 1. The summed E-state index contributed by atoms with van der Waals surface area (Å²) in [5.41, 5.74) is 2.44. The van der Waals surface area contributed by atoms with Crippen molar-refractivity contribution < 1.29 is 9.47 Å². The Morgan fingerprint density at radius 3 is 2.23 bits per heavy atom. The van der Waals surface area contributed by atoms with Gasteiger partial charge in [-0.1, -0.05) is 54.6 Å². The summed E-state index contributed by atoms with van der Waals surface area (Å²) in [6, 6.07) is 8.45. The van der Waals surface area contributed by atoms with Gasteiger partial charge in [0.25, 0.3) is 0 Å². The quantitative estimate of drug-likeness (QED) is 0.723. The molecule has 1 aliphatic rings. The number of allylic oxidation sites excluding steroid dienone is 2. The summed E-state index contributed by atoms with van der Waals surface area (Å²) in [7, 11) is 0. The molecule has 112 valence electrons. The number of thiophene rings is 1. The Balaban J connectivity index is 1.92. The van der Waals surface area contributed by atoms with Gasteiger partial charge in [-0.2, -0.15) is 0 Å². The molecule has 2 heterocycles. The summed E-state index contributed by atoms with van der Waals surface area (Å²) < 4.78 is 11.6. The number of rotatable bonds is 4. The molecule has 0 spiro atoms. The van der Waals surface area contributed by atoms with E-state index in [2.05, 4.69) is 49.9 Å². The van der Waals surface area contributed by atoms with Gasteiger partial charge in [0.2, 0.25) is 0 Å². The van der Waals surface area contributed by atoms with Crippen LogP contribution in [0.3, 0.4) is 0 Å². The van der Waals surface area contributed by atoms with Gasteiger partial charge in [0.05, 0.1) is 9.75 Å². The normalized spacial score (nSPS) is 13.9. The molecular weight excluding hydrogens is 292 g/mol. The summed E-state index contributed by atoms with van der Waals surface area (Å²) in [5, 5.41) is 0. The molecule has 3 rings (SSSR count). The first-order valence-electron chi connectivity index (χ1n) is 7.24. The fraction of sp³-hybridized carbons (Fsp3) is 0.158. The summed E-state index contributed by atoms with van der Waals surface area (Å²) in [4.78, 5) is 2.15. The lowest BCUT2D eigenvalue weighted by molar-refractivity contribution is 0.173. The minimum Gasteiger partial charge on any atom is -0.485 e. The van der Waals surface area contributed by atoms with Crippen molar-refractivity contribution in [3.63, 3.8) is 0 Å². The molecule has 0 bridgehead atoms. The zero-order valence-corrected chi connectivity index (χ0v) is 13.4. The van der Waals surface area contributed by atoms with Crippen LogP contribution in [0.5, 0.6) is 11.5 Å². The van der Waals surface area contributed by atoms with Crippen molar-refractivity contribution in [2.45, 2.75) is 6.92 Å². The Hall–Kier alpha value is -2.26. The molecule has 2 nitrogen and oxygen atoms in total. The van der Waals surface area contributed by atoms with Crippen LogP contribution in [0, 0.1) is 6.92 Å². The maximum absolute atomic E-state index is 5.80. The van der Waals surface area contributed by atoms with Crippen LogP contribution >= 0.6 is 11.3 Å². The van der Waals surface area contributed by atoms with E-state index < -0.39 is 0 Å². The Morgan fingerprint density at radius 2 is 1.59 bits per heavy atom. The van der Waals surface area contributed by atoms with Crippen molar-refractivity contribution >= 4 is 29.6 Å². The molecule has 0 N–H and O–H groups in total. The summed E-state index contributed by atoms with van der Waals surface area (Å²) in [6.07, 6.45) is 9.88. The van der Waals surface area contributed by atoms with Crippen LogP contribution in [0.15, 0.2) is 43.0 Å². The highest BCUT2D eigenvalue weighted by molar-refractivity contribution is 7.14. The molecule has 1 aromatic carbocycles. The third-order valence-corrected chi connectivity index (χ3v) is 4.42. The van der Waals surface area contributed by atoms with E-state index in [1.54, 1.807) is 17.4 Å². The first-order valence-corrected chi connectivity index (χ1v) is 8.06. The molecule has 0 saturated carbocycles. The first kappa shape index (κ1) is 14.7. The van der Waals surface area contributed by atoms with Crippen molar-refractivity contribution in [3.8, 4) is 11.5 Å². The van der Waals surface area contributed by atoms with E-state index in [1.807, 2.05) is 12.2 Å². The molecule has 0 unspecified atom stereocenters. The van der Waals surface area contributed by atoms with Crippen LogP contribution in [0.25, 0.3) is 18.2 Å². The van der Waals surface area contributed by atoms with Gasteiger partial charge in [-0.25, -0.2) is 0 Å². The average Bonchev–Trinajstić information content (AvgIpc) is 2.91. The number of hydrogen-bond donors (Lipinski definition) is 0. The molecule has 0 radical (unpaired) electrons. The van der Waals surface area contributed by atoms with Gasteiger partial charge in [0.1, 0.15) is 13.2 Å². The monoisotopic (exact) mass is 310 g/mol. The number of benzene rings is 1. The van der Waals surface area contributed by atoms with Gasteiger partial charge >= 0.3 is 0 Å². The average molecular weight is 310 g/mol. The fourth-order valence-electron chi connectivity index (χ4n) is 2.22. The third-order valence-electron chi connectivity index (χ3n) is 3.34. The van der Waals surface area contributed by atoms with Gasteiger partial charge in [-0.15, -0.1) is 11.3 Å². The molecule has 22 heavy (non-hydrogen) atoms. The number of aryl methyl sites for hydroxylation is 1. The Morgan fingerprint density at radius 1 is 0.955 bits per heavy atom. The van der Waals surface area contributed by atoms with Gasteiger partial charge in [-0.3, -0.25) is 0 Å². The standard InChI is InChI=1S/C19H18O2S/c1-3-4-5-16-18-19(21-13-12-20-18)17(22-16)11-10-15-8-6-14(2)7-9-15/h3-11H,1,12-13H2,2H3/b5-4+,11-10+. The smallest absolute Gasteiger partial charge is 0.180 e.